The Morgan fingerprint density at radius 1 is 1.23 bits per heavy atom. The van der Waals surface area contributed by atoms with E-state index in [0.29, 0.717) is 6.42 Å². The summed E-state index contributed by atoms with van der Waals surface area (Å²) >= 11 is 0. The minimum atomic E-state index is -1.18. The average Bonchev–Trinajstić information content (AvgIpc) is 3.05. The number of nitrogens with zero attached hydrogens (tertiary/aromatic N) is 1. The Morgan fingerprint density at radius 2 is 1.88 bits per heavy atom. The quantitative estimate of drug-likeness (QED) is 0.782. The van der Waals surface area contributed by atoms with Gasteiger partial charge in [-0.2, -0.15) is 0 Å². The fourth-order valence-electron chi connectivity index (χ4n) is 3.93. The zero-order chi connectivity index (χ0) is 18.7. The summed E-state index contributed by atoms with van der Waals surface area (Å²) in [6, 6.07) is 17.0. The minimum Gasteiger partial charge on any atom is -0.480 e. The van der Waals surface area contributed by atoms with E-state index in [-0.39, 0.29) is 18.6 Å². The Balaban J connectivity index is 2.09. The van der Waals surface area contributed by atoms with Gasteiger partial charge in [-0.25, -0.2) is 4.79 Å². The summed E-state index contributed by atoms with van der Waals surface area (Å²) in [6.45, 7) is 2.29. The number of likely N-dealkylation sites (N-methyl/N-ethyl adjacent to an activating group) is 1. The fourth-order valence-corrected chi connectivity index (χ4v) is 3.93. The lowest BCUT2D eigenvalue weighted by atomic mass is 9.86. The number of aryl methyl sites for hydroxylation is 1. The number of nitrogens with one attached hydrogen (secondary N) is 1. The molecule has 0 aliphatic carbocycles. The first kappa shape index (κ1) is 18.3. The molecule has 136 valence electrons. The normalized spacial score (nSPS) is 25.3. The molecule has 1 aliphatic heterocycles. The van der Waals surface area contributed by atoms with E-state index < -0.39 is 11.5 Å². The second-order valence-electron chi connectivity index (χ2n) is 6.93. The lowest BCUT2D eigenvalue weighted by Gasteiger charge is -2.28. The maximum atomic E-state index is 12.4. The molecule has 3 rings (SSSR count). The summed E-state index contributed by atoms with van der Waals surface area (Å²) in [4.78, 5) is 25.4. The monoisotopic (exact) mass is 352 g/mol. The SMILES string of the molecule is Cc1ccccc1C1NC(C(=O)O)(c2ccccc2)CC1N(C)CC=O. The van der Waals surface area contributed by atoms with Crippen molar-refractivity contribution in [1.29, 1.82) is 0 Å². The number of carbonyl (C=O) groups is 2. The summed E-state index contributed by atoms with van der Waals surface area (Å²) in [5.41, 5.74) is 1.71. The van der Waals surface area contributed by atoms with Crippen LogP contribution in [0.3, 0.4) is 0 Å². The second-order valence-corrected chi connectivity index (χ2v) is 6.93. The molecule has 5 nitrogen and oxygen atoms in total. The van der Waals surface area contributed by atoms with Crippen LogP contribution in [0.15, 0.2) is 54.6 Å². The largest absolute Gasteiger partial charge is 0.480 e. The smallest absolute Gasteiger partial charge is 0.328 e. The first-order valence-electron chi connectivity index (χ1n) is 8.75. The van der Waals surface area contributed by atoms with Gasteiger partial charge in [-0.1, -0.05) is 54.6 Å². The Hall–Kier alpha value is -2.50. The van der Waals surface area contributed by atoms with Crippen molar-refractivity contribution < 1.29 is 14.7 Å². The molecule has 3 unspecified atom stereocenters. The molecule has 0 aromatic heterocycles. The number of benzene rings is 2. The summed E-state index contributed by atoms with van der Waals surface area (Å²) < 4.78 is 0. The standard InChI is InChI=1S/C21H24N2O3/c1-15-8-6-7-11-17(15)19-18(23(2)12-13-24)14-21(22-19,20(25)26)16-9-4-3-5-10-16/h3-11,13,18-19,22H,12,14H2,1-2H3,(H,25,26). The van der Waals surface area contributed by atoms with Gasteiger partial charge in [-0.15, -0.1) is 0 Å². The molecule has 0 bridgehead atoms. The summed E-state index contributed by atoms with van der Waals surface area (Å²) in [5, 5.41) is 13.5. The number of carbonyl (C=O) groups excluding carboxylic acids is 1. The third-order valence-corrected chi connectivity index (χ3v) is 5.39. The second kappa shape index (κ2) is 7.40. The van der Waals surface area contributed by atoms with E-state index in [2.05, 4.69) is 5.32 Å². The molecule has 2 aromatic carbocycles. The Bertz CT molecular complexity index is 793. The van der Waals surface area contributed by atoms with Crippen LogP contribution >= 0.6 is 0 Å². The van der Waals surface area contributed by atoms with Crippen LogP contribution in [0, 0.1) is 6.92 Å². The van der Waals surface area contributed by atoms with Crippen LogP contribution in [-0.2, 0) is 15.1 Å². The number of aldehydes is 1. The number of carboxylic acids is 1. The maximum Gasteiger partial charge on any atom is 0.328 e. The first-order chi connectivity index (χ1) is 12.5. The van der Waals surface area contributed by atoms with Crippen LogP contribution in [0.1, 0.15) is 29.2 Å². The number of aliphatic carboxylic acids is 1. The molecule has 1 heterocycles. The van der Waals surface area contributed by atoms with Gasteiger partial charge in [0, 0.05) is 12.1 Å². The van der Waals surface area contributed by atoms with Gasteiger partial charge in [0.25, 0.3) is 0 Å². The van der Waals surface area contributed by atoms with Gasteiger partial charge >= 0.3 is 5.97 Å². The third kappa shape index (κ3) is 3.16. The van der Waals surface area contributed by atoms with Gasteiger partial charge in [0.2, 0.25) is 0 Å². The van der Waals surface area contributed by atoms with Gasteiger partial charge in [-0.05, 0) is 37.1 Å². The molecule has 0 saturated carbocycles. The zero-order valence-corrected chi connectivity index (χ0v) is 15.1. The van der Waals surface area contributed by atoms with Gasteiger partial charge in [0.1, 0.15) is 11.8 Å². The molecular weight excluding hydrogens is 328 g/mol. The van der Waals surface area contributed by atoms with Gasteiger partial charge < -0.3 is 9.90 Å². The Morgan fingerprint density at radius 3 is 2.50 bits per heavy atom. The van der Waals surface area contributed by atoms with Gasteiger partial charge in [-0.3, -0.25) is 10.2 Å². The summed E-state index contributed by atoms with van der Waals surface area (Å²) in [5.74, 6) is -0.899. The lowest BCUT2D eigenvalue weighted by molar-refractivity contribution is -0.145. The number of hydrogen-bond acceptors (Lipinski definition) is 4. The van der Waals surface area contributed by atoms with Crippen molar-refractivity contribution in [1.82, 2.24) is 10.2 Å². The minimum absolute atomic E-state index is 0.113. The Labute approximate surface area is 153 Å². The zero-order valence-electron chi connectivity index (χ0n) is 15.1. The van der Waals surface area contributed by atoms with Crippen molar-refractivity contribution in [2.24, 2.45) is 0 Å². The highest BCUT2D eigenvalue weighted by Gasteiger charge is 2.52. The average molecular weight is 352 g/mol. The van der Waals surface area contributed by atoms with Crippen molar-refractivity contribution in [3.05, 3.63) is 71.3 Å². The van der Waals surface area contributed by atoms with Crippen LogP contribution in [0.25, 0.3) is 0 Å². The van der Waals surface area contributed by atoms with Crippen molar-refractivity contribution in [3.8, 4) is 0 Å². The molecular formula is C21H24N2O3. The van der Waals surface area contributed by atoms with Crippen LogP contribution in [0.5, 0.6) is 0 Å². The molecule has 2 aromatic rings. The summed E-state index contributed by atoms with van der Waals surface area (Å²) in [7, 11) is 1.87. The van der Waals surface area contributed by atoms with Crippen LogP contribution in [0.2, 0.25) is 0 Å². The third-order valence-electron chi connectivity index (χ3n) is 5.39. The van der Waals surface area contributed by atoms with E-state index in [1.165, 1.54) is 0 Å². The maximum absolute atomic E-state index is 12.4. The van der Waals surface area contributed by atoms with Crippen molar-refractivity contribution in [2.45, 2.75) is 31.0 Å². The van der Waals surface area contributed by atoms with Crippen LogP contribution < -0.4 is 5.32 Å². The van der Waals surface area contributed by atoms with E-state index in [9.17, 15) is 14.7 Å². The highest BCUT2D eigenvalue weighted by atomic mass is 16.4. The highest BCUT2D eigenvalue weighted by Crippen LogP contribution is 2.42. The predicted octanol–water partition coefficient (Wildman–Crippen LogP) is 2.51. The van der Waals surface area contributed by atoms with Crippen LogP contribution in [-0.4, -0.2) is 41.9 Å². The van der Waals surface area contributed by atoms with E-state index in [4.69, 9.17) is 0 Å². The molecule has 1 fully saturated rings. The van der Waals surface area contributed by atoms with E-state index in [1.807, 2.05) is 73.5 Å². The van der Waals surface area contributed by atoms with Crippen molar-refractivity contribution in [3.63, 3.8) is 0 Å². The summed E-state index contributed by atoms with van der Waals surface area (Å²) in [6.07, 6.45) is 1.24. The molecule has 26 heavy (non-hydrogen) atoms. The predicted molar refractivity (Wildman–Crippen MR) is 99.9 cm³/mol. The van der Waals surface area contributed by atoms with E-state index in [1.54, 1.807) is 0 Å². The number of rotatable bonds is 6. The van der Waals surface area contributed by atoms with Crippen molar-refractivity contribution in [2.75, 3.05) is 13.6 Å². The van der Waals surface area contributed by atoms with E-state index in [0.717, 1.165) is 23.0 Å². The molecule has 0 radical (unpaired) electrons. The number of carboxylic acid groups (broad SMARTS) is 1. The molecule has 3 atom stereocenters. The van der Waals surface area contributed by atoms with Gasteiger partial charge in [0.05, 0.1) is 6.54 Å². The topological polar surface area (TPSA) is 69.6 Å². The molecule has 2 N–H and O–H groups in total. The first-order valence-corrected chi connectivity index (χ1v) is 8.75. The molecule has 1 aliphatic rings. The highest BCUT2D eigenvalue weighted by molar-refractivity contribution is 5.81. The lowest BCUT2D eigenvalue weighted by Crippen LogP contribution is -2.45. The number of hydrogen-bond donors (Lipinski definition) is 2. The van der Waals surface area contributed by atoms with Crippen LogP contribution in [0.4, 0.5) is 0 Å². The molecule has 0 amide bonds. The Kier molecular flexibility index (Phi) is 5.20. The molecule has 5 heteroatoms. The molecule has 0 spiro atoms. The molecule has 1 saturated heterocycles. The van der Waals surface area contributed by atoms with Gasteiger partial charge in [0.15, 0.2) is 0 Å². The van der Waals surface area contributed by atoms with E-state index >= 15 is 0 Å². The fraction of sp³-hybridized carbons (Fsp3) is 0.333. The van der Waals surface area contributed by atoms with Crippen molar-refractivity contribution >= 4 is 12.3 Å².